The van der Waals surface area contributed by atoms with Crippen molar-refractivity contribution >= 4 is 23.2 Å². The van der Waals surface area contributed by atoms with E-state index >= 15 is 0 Å². The van der Waals surface area contributed by atoms with Crippen LogP contribution in [0.4, 0.5) is 18.9 Å². The van der Waals surface area contributed by atoms with Crippen LogP contribution in [-0.2, 0) is 12.6 Å². The summed E-state index contributed by atoms with van der Waals surface area (Å²) in [4.78, 5) is 6.05. The Morgan fingerprint density at radius 1 is 0.857 bits per heavy atom. The zero-order valence-electron chi connectivity index (χ0n) is 14.8. The molecule has 1 nitrogen and oxygen atoms in total. The number of fused-ring (bicyclic) bond motifs is 4. The molecule has 1 heterocycles. The fourth-order valence-electron chi connectivity index (χ4n) is 4.04. The van der Waals surface area contributed by atoms with Crippen molar-refractivity contribution in [2.45, 2.75) is 22.7 Å². The van der Waals surface area contributed by atoms with Gasteiger partial charge >= 0.3 is 6.18 Å². The molecule has 0 saturated heterocycles. The van der Waals surface area contributed by atoms with Gasteiger partial charge in [0.1, 0.15) is 0 Å². The van der Waals surface area contributed by atoms with Crippen LogP contribution < -0.4 is 0 Å². The van der Waals surface area contributed by atoms with Crippen molar-refractivity contribution in [3.05, 3.63) is 95.1 Å². The van der Waals surface area contributed by atoms with Crippen LogP contribution in [0.1, 0.15) is 27.5 Å². The van der Waals surface area contributed by atoms with Crippen LogP contribution in [0.15, 0.2) is 82.7 Å². The van der Waals surface area contributed by atoms with Crippen LogP contribution in [0.5, 0.6) is 0 Å². The maximum atomic E-state index is 13.0. The van der Waals surface area contributed by atoms with Crippen molar-refractivity contribution in [3.63, 3.8) is 0 Å². The third kappa shape index (κ3) is 2.94. The number of benzene rings is 3. The van der Waals surface area contributed by atoms with Crippen LogP contribution in [0.2, 0.25) is 0 Å². The normalized spacial score (nSPS) is 20.6. The van der Waals surface area contributed by atoms with Crippen LogP contribution in [0.3, 0.4) is 0 Å². The Balaban J connectivity index is 1.63. The fourth-order valence-corrected chi connectivity index (χ4v) is 5.38. The van der Waals surface area contributed by atoms with Gasteiger partial charge in [-0.2, -0.15) is 13.2 Å². The molecule has 28 heavy (non-hydrogen) atoms. The third-order valence-electron chi connectivity index (χ3n) is 5.38. The molecule has 2 atom stereocenters. The Bertz CT molecular complexity index is 1070. The zero-order chi connectivity index (χ0) is 19.3. The summed E-state index contributed by atoms with van der Waals surface area (Å²) in [6, 6.07) is 21.9. The fraction of sp³-hybridized carbons (Fsp3) is 0.174. The molecule has 2 aliphatic rings. The van der Waals surface area contributed by atoms with Crippen molar-refractivity contribution in [2.24, 2.45) is 10.9 Å². The molecule has 140 valence electrons. The lowest BCUT2D eigenvalue weighted by molar-refractivity contribution is -0.137. The zero-order valence-corrected chi connectivity index (χ0v) is 15.6. The number of thioether (sulfide) groups is 1. The standard InChI is InChI=1S/C23H16F3NS/c24-23(25,26)16-11-9-14(10-12-16)22-18-13-15-5-1-2-6-17(15)21(18)27-19-7-3-4-8-20(19)28-22/h1-12,18,22H,13H2. The molecule has 0 N–H and O–H groups in total. The van der Waals surface area contributed by atoms with Gasteiger partial charge in [-0.25, -0.2) is 0 Å². The number of hydrogen-bond acceptors (Lipinski definition) is 2. The van der Waals surface area contributed by atoms with E-state index in [0.717, 1.165) is 33.8 Å². The van der Waals surface area contributed by atoms with Gasteiger partial charge in [0.05, 0.1) is 17.0 Å². The molecule has 5 heteroatoms. The summed E-state index contributed by atoms with van der Waals surface area (Å²) in [6.45, 7) is 0. The van der Waals surface area contributed by atoms with Crippen LogP contribution in [-0.4, -0.2) is 5.71 Å². The van der Waals surface area contributed by atoms with Gasteiger partial charge in [-0.1, -0.05) is 48.5 Å². The summed E-state index contributed by atoms with van der Waals surface area (Å²) in [6.07, 6.45) is -3.47. The summed E-state index contributed by atoms with van der Waals surface area (Å²) in [5.74, 6) is 0.131. The second kappa shape index (κ2) is 6.52. The highest BCUT2D eigenvalue weighted by molar-refractivity contribution is 7.99. The Hall–Kier alpha value is -2.53. The van der Waals surface area contributed by atoms with Gasteiger partial charge in [0.25, 0.3) is 0 Å². The van der Waals surface area contributed by atoms with E-state index in [4.69, 9.17) is 4.99 Å². The summed E-state index contributed by atoms with van der Waals surface area (Å²) in [5.41, 5.74) is 4.67. The molecule has 0 bridgehead atoms. The van der Waals surface area contributed by atoms with Gasteiger partial charge in [0, 0.05) is 16.1 Å². The first kappa shape index (κ1) is 17.6. The molecule has 3 aromatic carbocycles. The number of para-hydroxylation sites is 1. The van der Waals surface area contributed by atoms with Gasteiger partial charge in [-0.05, 0) is 47.4 Å². The van der Waals surface area contributed by atoms with Crippen LogP contribution >= 0.6 is 11.8 Å². The largest absolute Gasteiger partial charge is 0.416 e. The van der Waals surface area contributed by atoms with E-state index < -0.39 is 11.7 Å². The Kier molecular flexibility index (Phi) is 4.09. The Labute approximate surface area is 165 Å². The number of nitrogens with zero attached hydrogens (tertiary/aromatic N) is 1. The first-order valence-corrected chi connectivity index (χ1v) is 9.98. The number of rotatable bonds is 1. The highest BCUT2D eigenvalue weighted by atomic mass is 32.2. The summed E-state index contributed by atoms with van der Waals surface area (Å²) >= 11 is 1.70. The Morgan fingerprint density at radius 3 is 2.36 bits per heavy atom. The maximum absolute atomic E-state index is 13.0. The van der Waals surface area contributed by atoms with Gasteiger partial charge in [-0.3, -0.25) is 4.99 Å². The quantitative estimate of drug-likeness (QED) is 0.439. The number of aliphatic imine (C=N–C) groups is 1. The van der Waals surface area contributed by atoms with Gasteiger partial charge < -0.3 is 0 Å². The molecule has 0 radical (unpaired) electrons. The van der Waals surface area contributed by atoms with Crippen molar-refractivity contribution in [1.82, 2.24) is 0 Å². The third-order valence-corrected chi connectivity index (χ3v) is 6.83. The lowest BCUT2D eigenvalue weighted by atomic mass is 9.93. The van der Waals surface area contributed by atoms with E-state index in [1.165, 1.54) is 17.7 Å². The first-order chi connectivity index (χ1) is 13.5. The summed E-state index contributed by atoms with van der Waals surface area (Å²) in [5, 5.41) is 0.0112. The van der Waals surface area contributed by atoms with E-state index in [0.29, 0.717) is 0 Å². The lowest BCUT2D eigenvalue weighted by Gasteiger charge is -2.23. The molecule has 1 aliphatic carbocycles. The number of hydrogen-bond donors (Lipinski definition) is 0. The lowest BCUT2D eigenvalue weighted by Crippen LogP contribution is -2.17. The molecule has 0 amide bonds. The van der Waals surface area contributed by atoms with Crippen LogP contribution in [0, 0.1) is 5.92 Å². The van der Waals surface area contributed by atoms with Crippen molar-refractivity contribution in [3.8, 4) is 0 Å². The van der Waals surface area contributed by atoms with Crippen molar-refractivity contribution in [1.29, 1.82) is 0 Å². The second-order valence-corrected chi connectivity index (χ2v) is 8.27. The number of halogens is 3. The highest BCUT2D eigenvalue weighted by Crippen LogP contribution is 2.51. The second-order valence-electron chi connectivity index (χ2n) is 7.09. The van der Waals surface area contributed by atoms with E-state index in [1.807, 2.05) is 36.4 Å². The Morgan fingerprint density at radius 2 is 1.57 bits per heavy atom. The molecule has 5 rings (SSSR count). The minimum Gasteiger partial charge on any atom is -0.251 e. The molecular weight excluding hydrogens is 379 g/mol. The summed E-state index contributed by atoms with van der Waals surface area (Å²) in [7, 11) is 0. The van der Waals surface area contributed by atoms with Gasteiger partial charge in [0.15, 0.2) is 0 Å². The molecule has 0 saturated carbocycles. The summed E-state index contributed by atoms with van der Waals surface area (Å²) < 4.78 is 39.0. The SMILES string of the molecule is FC(F)(F)c1ccc(C2Sc3ccccc3N=C3c4ccccc4CC32)cc1. The topological polar surface area (TPSA) is 12.4 Å². The van der Waals surface area contributed by atoms with Gasteiger partial charge in [-0.15, -0.1) is 11.8 Å². The minimum atomic E-state index is -4.32. The molecular formula is C23H16F3NS. The van der Waals surface area contributed by atoms with Gasteiger partial charge in [0.2, 0.25) is 0 Å². The average molecular weight is 395 g/mol. The molecule has 3 aromatic rings. The monoisotopic (exact) mass is 395 g/mol. The van der Waals surface area contributed by atoms with E-state index in [1.54, 1.807) is 23.9 Å². The molecule has 2 unspecified atom stereocenters. The van der Waals surface area contributed by atoms with Crippen molar-refractivity contribution < 1.29 is 13.2 Å². The molecule has 0 fully saturated rings. The van der Waals surface area contributed by atoms with E-state index in [-0.39, 0.29) is 11.2 Å². The molecule has 0 aromatic heterocycles. The predicted molar refractivity (Wildman–Crippen MR) is 106 cm³/mol. The van der Waals surface area contributed by atoms with E-state index in [2.05, 4.69) is 12.1 Å². The average Bonchev–Trinajstić information content (AvgIpc) is 2.96. The first-order valence-electron chi connectivity index (χ1n) is 9.10. The maximum Gasteiger partial charge on any atom is 0.416 e. The smallest absolute Gasteiger partial charge is 0.251 e. The number of alkyl halides is 3. The highest BCUT2D eigenvalue weighted by Gasteiger charge is 2.38. The minimum absolute atomic E-state index is 0.0112. The predicted octanol–water partition coefficient (Wildman–Crippen LogP) is 6.85. The van der Waals surface area contributed by atoms with Crippen LogP contribution in [0.25, 0.3) is 0 Å². The van der Waals surface area contributed by atoms with E-state index in [9.17, 15) is 13.2 Å². The molecule has 1 aliphatic heterocycles. The van der Waals surface area contributed by atoms with Crippen molar-refractivity contribution in [2.75, 3.05) is 0 Å². The molecule has 0 spiro atoms.